The van der Waals surface area contributed by atoms with Gasteiger partial charge in [-0.1, -0.05) is 53.5 Å². The second-order valence-electron chi connectivity index (χ2n) is 12.7. The van der Waals surface area contributed by atoms with Gasteiger partial charge < -0.3 is 9.55 Å². The summed E-state index contributed by atoms with van der Waals surface area (Å²) in [6.45, 7) is 1.99. The Morgan fingerprint density at radius 3 is 2.39 bits per heavy atom. The fraction of sp³-hybridized carbons (Fsp3) is 0.139. The van der Waals surface area contributed by atoms with Gasteiger partial charge in [-0.2, -0.15) is 9.49 Å². The van der Waals surface area contributed by atoms with Crippen LogP contribution in [0.25, 0.3) is 39.0 Å². The Hall–Kier alpha value is -5.92. The number of rotatable bonds is 5. The predicted molar refractivity (Wildman–Crippen MR) is 188 cm³/mol. The van der Waals surface area contributed by atoms with Gasteiger partial charge in [0.2, 0.25) is 5.95 Å². The van der Waals surface area contributed by atoms with Gasteiger partial charge in [-0.25, -0.2) is 14.6 Å². The number of H-pyrrole nitrogens is 1. The van der Waals surface area contributed by atoms with Gasteiger partial charge in [-0.05, 0) is 66.4 Å². The number of nitrogens with one attached hydrogen (secondary N) is 1. The third kappa shape index (κ3) is 4.76. The molecule has 9 rings (SSSR count). The molecule has 0 spiro atoms. The summed E-state index contributed by atoms with van der Waals surface area (Å²) in [4.78, 5) is 48.7. The maximum atomic E-state index is 15.7. The fourth-order valence-electron chi connectivity index (χ4n) is 7.29. The van der Waals surface area contributed by atoms with Gasteiger partial charge in [-0.3, -0.25) is 19.1 Å². The molecule has 1 N–H and O–H groups in total. The van der Waals surface area contributed by atoms with Crippen molar-refractivity contribution >= 4 is 51.7 Å². The minimum atomic E-state index is -0.729. The van der Waals surface area contributed by atoms with Crippen LogP contribution in [0, 0.1) is 11.9 Å². The molecule has 2 aliphatic heterocycles. The van der Waals surface area contributed by atoms with Gasteiger partial charge in [0.1, 0.15) is 11.5 Å². The fourth-order valence-corrected chi connectivity index (χ4v) is 7.59. The minimum Gasteiger partial charge on any atom is -0.338 e. The second kappa shape index (κ2) is 11.3. The van der Waals surface area contributed by atoms with Gasteiger partial charge >= 0.3 is 0 Å². The van der Waals surface area contributed by atoms with E-state index in [9.17, 15) is 14.4 Å². The summed E-state index contributed by atoms with van der Waals surface area (Å²) >= 11 is 12.4. The van der Waals surface area contributed by atoms with Crippen LogP contribution >= 0.6 is 23.2 Å². The molecule has 4 aromatic heterocycles. The lowest BCUT2D eigenvalue weighted by atomic mass is 10.0. The normalized spacial score (nSPS) is 16.8. The highest BCUT2D eigenvalue weighted by molar-refractivity contribution is 6.35. The number of amides is 2. The first kappa shape index (κ1) is 31.1. The van der Waals surface area contributed by atoms with Gasteiger partial charge in [0.25, 0.3) is 17.4 Å². The summed E-state index contributed by atoms with van der Waals surface area (Å²) in [5.41, 5.74) is 4.24. The van der Waals surface area contributed by atoms with Crippen molar-refractivity contribution in [3.05, 3.63) is 128 Å². The summed E-state index contributed by atoms with van der Waals surface area (Å²) in [5.74, 6) is -1.23. The Kier molecular flexibility index (Phi) is 6.89. The number of aromatic amines is 1. The van der Waals surface area contributed by atoms with Crippen molar-refractivity contribution in [3.8, 4) is 28.1 Å². The van der Waals surface area contributed by atoms with Gasteiger partial charge in [0.15, 0.2) is 11.0 Å². The van der Waals surface area contributed by atoms with E-state index in [-0.39, 0.29) is 28.1 Å². The molecule has 15 heteroatoms. The molecule has 12 nitrogen and oxygen atoms in total. The summed E-state index contributed by atoms with van der Waals surface area (Å²) < 4.78 is 20.4. The molecule has 6 heterocycles. The van der Waals surface area contributed by atoms with Gasteiger partial charge in [-0.15, -0.1) is 5.10 Å². The van der Waals surface area contributed by atoms with Gasteiger partial charge in [0.05, 0.1) is 34.6 Å². The highest BCUT2D eigenvalue weighted by atomic mass is 35.5. The average Bonchev–Trinajstić information content (AvgIpc) is 3.92. The van der Waals surface area contributed by atoms with Crippen LogP contribution in [0.1, 0.15) is 45.2 Å². The topological polar surface area (TPSA) is 137 Å². The quantitative estimate of drug-likeness (QED) is 0.203. The van der Waals surface area contributed by atoms with Crippen LogP contribution in [-0.2, 0) is 13.5 Å². The first-order valence-corrected chi connectivity index (χ1v) is 16.7. The first-order valence-electron chi connectivity index (χ1n) is 15.9. The number of imidazole rings is 1. The SMILES string of the molecule is C[C@H]1Cc2cc(-c3cc(Cl)ccc3-n3cc(Cl)nn3)cc(=O)n2[C@@H]1c1nc(F)c(-c2ccc3c(N4C(=O)c5ccccc5C4=O)nn(C)c3c2)[nH]1. The smallest absolute Gasteiger partial charge is 0.267 e. The highest BCUT2D eigenvalue weighted by Crippen LogP contribution is 2.39. The zero-order chi connectivity index (χ0) is 35.3. The van der Waals surface area contributed by atoms with E-state index in [0.29, 0.717) is 61.7 Å². The zero-order valence-electron chi connectivity index (χ0n) is 26.8. The third-order valence-electron chi connectivity index (χ3n) is 9.56. The Labute approximate surface area is 297 Å². The number of aryl methyl sites for hydroxylation is 1. The molecule has 0 saturated carbocycles. The van der Waals surface area contributed by atoms with E-state index < -0.39 is 23.8 Å². The lowest BCUT2D eigenvalue weighted by Crippen LogP contribution is -2.30. The van der Waals surface area contributed by atoms with E-state index in [0.717, 1.165) is 10.6 Å². The maximum Gasteiger partial charge on any atom is 0.267 e. The van der Waals surface area contributed by atoms with Crippen molar-refractivity contribution in [2.45, 2.75) is 19.4 Å². The number of halogens is 3. The molecule has 2 aliphatic rings. The number of carbonyl (C=O) groups is 2. The number of benzene rings is 3. The Morgan fingerprint density at radius 1 is 0.902 bits per heavy atom. The van der Waals surface area contributed by atoms with Crippen LogP contribution in [0.5, 0.6) is 0 Å². The van der Waals surface area contributed by atoms with Crippen LogP contribution < -0.4 is 10.5 Å². The van der Waals surface area contributed by atoms with E-state index in [2.05, 4.69) is 25.4 Å². The summed E-state index contributed by atoms with van der Waals surface area (Å²) in [7, 11) is 1.69. The molecule has 0 aliphatic carbocycles. The summed E-state index contributed by atoms with van der Waals surface area (Å²) in [5, 5.41) is 13.7. The summed E-state index contributed by atoms with van der Waals surface area (Å²) in [6.07, 6.45) is 2.10. The number of nitrogens with zero attached hydrogens (tertiary/aromatic N) is 8. The Morgan fingerprint density at radius 2 is 1.67 bits per heavy atom. The van der Waals surface area contributed by atoms with Crippen molar-refractivity contribution in [1.29, 1.82) is 0 Å². The van der Waals surface area contributed by atoms with Crippen LogP contribution in [0.2, 0.25) is 10.2 Å². The molecule has 0 fully saturated rings. The number of pyridine rings is 1. The molecular formula is C36H24Cl2FN9O3. The molecule has 3 aromatic carbocycles. The highest BCUT2D eigenvalue weighted by Gasteiger charge is 2.39. The number of fused-ring (bicyclic) bond motifs is 3. The van der Waals surface area contributed by atoms with Crippen LogP contribution in [-0.4, -0.2) is 51.1 Å². The van der Waals surface area contributed by atoms with E-state index in [1.165, 1.54) is 10.7 Å². The molecule has 0 saturated heterocycles. The standard InChI is InChI=1S/C36H24Cl2FN9O3/c1-17-11-21-12-19(25-15-20(37)8-10-26(25)46-16-28(38)42-44-46)14-29(49)47(21)31(17)33-40-30(32(39)41-33)18-7-9-24-27(13-18)45(2)43-34(24)48-35(50)22-5-3-4-6-23(22)36(48)51/h3-10,12-17,31H,11H2,1-2H3,(H,40,41)/t17-,31-/m0/s1. The molecule has 7 aromatic rings. The lowest BCUT2D eigenvalue weighted by Gasteiger charge is -2.17. The Balaban J connectivity index is 1.07. The largest absolute Gasteiger partial charge is 0.338 e. The number of carbonyl (C=O) groups excluding carboxylic acids is 2. The average molecular weight is 721 g/mol. The molecule has 252 valence electrons. The van der Waals surface area contributed by atoms with Crippen molar-refractivity contribution < 1.29 is 14.0 Å². The Bertz CT molecular complexity index is 2660. The number of imide groups is 1. The molecule has 0 unspecified atom stereocenters. The molecule has 2 amide bonds. The van der Waals surface area contributed by atoms with Crippen molar-refractivity contribution in [1.82, 2.24) is 39.3 Å². The van der Waals surface area contributed by atoms with Crippen molar-refractivity contribution in [3.63, 3.8) is 0 Å². The lowest BCUT2D eigenvalue weighted by molar-refractivity contribution is 0.0925. The molecule has 2 atom stereocenters. The molecule has 51 heavy (non-hydrogen) atoms. The number of aromatic nitrogens is 8. The molecule has 0 radical (unpaired) electrons. The maximum absolute atomic E-state index is 15.7. The number of hydrogen-bond donors (Lipinski definition) is 1. The van der Waals surface area contributed by atoms with Crippen molar-refractivity contribution in [2.24, 2.45) is 13.0 Å². The number of hydrogen-bond acceptors (Lipinski definition) is 7. The van der Waals surface area contributed by atoms with E-state index in [1.54, 1.807) is 83.2 Å². The predicted octanol–water partition coefficient (Wildman–Crippen LogP) is 6.40. The van der Waals surface area contributed by atoms with Gasteiger partial charge in [0, 0.05) is 40.3 Å². The van der Waals surface area contributed by atoms with Crippen LogP contribution in [0.15, 0.2) is 83.8 Å². The van der Waals surface area contributed by atoms with E-state index >= 15 is 4.39 Å². The van der Waals surface area contributed by atoms with E-state index in [4.69, 9.17) is 23.2 Å². The minimum absolute atomic E-state index is 0.0962. The monoisotopic (exact) mass is 719 g/mol. The van der Waals surface area contributed by atoms with Crippen LogP contribution in [0.3, 0.4) is 0 Å². The van der Waals surface area contributed by atoms with E-state index in [1.807, 2.05) is 13.0 Å². The third-order valence-corrected chi connectivity index (χ3v) is 9.97. The molecular weight excluding hydrogens is 696 g/mol. The first-order chi connectivity index (χ1) is 24.6. The molecule has 0 bridgehead atoms. The summed E-state index contributed by atoms with van der Waals surface area (Å²) in [6, 6.07) is 19.9. The number of anilines is 1. The zero-order valence-corrected chi connectivity index (χ0v) is 28.3. The second-order valence-corrected chi connectivity index (χ2v) is 13.5. The van der Waals surface area contributed by atoms with Crippen molar-refractivity contribution in [2.75, 3.05) is 4.90 Å². The van der Waals surface area contributed by atoms with Crippen LogP contribution in [0.4, 0.5) is 10.2 Å².